The minimum absolute atomic E-state index is 0.141. The number of amides is 2. The predicted molar refractivity (Wildman–Crippen MR) is 79.6 cm³/mol. The van der Waals surface area contributed by atoms with Crippen molar-refractivity contribution in [2.45, 2.75) is 26.2 Å². The van der Waals surface area contributed by atoms with Gasteiger partial charge in [0.1, 0.15) is 6.54 Å². The van der Waals surface area contributed by atoms with Crippen LogP contribution in [0.15, 0.2) is 24.3 Å². The van der Waals surface area contributed by atoms with E-state index in [-0.39, 0.29) is 31.4 Å². The van der Waals surface area contributed by atoms with Gasteiger partial charge >= 0.3 is 0 Å². The molecule has 0 spiro atoms. The molecule has 1 aromatic rings. The number of imide groups is 1. The molecule has 1 aromatic carbocycles. The van der Waals surface area contributed by atoms with E-state index in [9.17, 15) is 9.59 Å². The van der Waals surface area contributed by atoms with E-state index in [0.717, 1.165) is 29.8 Å². The van der Waals surface area contributed by atoms with E-state index in [4.69, 9.17) is 5.26 Å². The molecular weight excluding hydrogens is 266 g/mol. The van der Waals surface area contributed by atoms with E-state index in [0.29, 0.717) is 0 Å². The number of unbranched alkanes of at least 4 members (excludes halogenated alkanes) is 1. The van der Waals surface area contributed by atoms with Gasteiger partial charge in [0.15, 0.2) is 0 Å². The van der Waals surface area contributed by atoms with Gasteiger partial charge in [0.2, 0.25) is 11.8 Å². The number of rotatable bonds is 5. The van der Waals surface area contributed by atoms with Crippen LogP contribution in [0.1, 0.15) is 25.3 Å². The van der Waals surface area contributed by atoms with Crippen molar-refractivity contribution < 1.29 is 9.59 Å². The van der Waals surface area contributed by atoms with Gasteiger partial charge in [0.25, 0.3) is 0 Å². The summed E-state index contributed by atoms with van der Waals surface area (Å²) in [6.45, 7) is 2.28. The maximum atomic E-state index is 11.9. The zero-order valence-corrected chi connectivity index (χ0v) is 12.2. The second-order valence-electron chi connectivity index (χ2n) is 5.16. The summed E-state index contributed by atoms with van der Waals surface area (Å²) in [5, 5.41) is 8.63. The Morgan fingerprint density at radius 2 is 1.76 bits per heavy atom. The lowest BCUT2D eigenvalue weighted by molar-refractivity contribution is -0.144. The number of hydrogen-bond donors (Lipinski definition) is 0. The maximum Gasteiger partial charge on any atom is 0.249 e. The van der Waals surface area contributed by atoms with Crippen LogP contribution in [0, 0.1) is 11.3 Å². The fourth-order valence-corrected chi connectivity index (χ4v) is 2.38. The zero-order chi connectivity index (χ0) is 15.2. The van der Waals surface area contributed by atoms with Crippen molar-refractivity contribution in [1.82, 2.24) is 4.90 Å². The second-order valence-corrected chi connectivity index (χ2v) is 5.16. The third-order valence-electron chi connectivity index (χ3n) is 3.60. The average Bonchev–Trinajstić information content (AvgIpc) is 2.49. The van der Waals surface area contributed by atoms with Crippen molar-refractivity contribution in [3.63, 3.8) is 0 Å². The Balaban J connectivity index is 2.05. The maximum absolute atomic E-state index is 11.9. The number of benzene rings is 1. The van der Waals surface area contributed by atoms with Gasteiger partial charge in [-0.15, -0.1) is 0 Å². The molecule has 5 nitrogen and oxygen atoms in total. The summed E-state index contributed by atoms with van der Waals surface area (Å²) in [6, 6.07) is 9.83. The van der Waals surface area contributed by atoms with Gasteiger partial charge in [-0.2, -0.15) is 5.26 Å². The van der Waals surface area contributed by atoms with Crippen LogP contribution < -0.4 is 4.90 Å². The smallest absolute Gasteiger partial charge is 0.249 e. The first-order valence-electron chi connectivity index (χ1n) is 7.19. The average molecular weight is 285 g/mol. The highest BCUT2D eigenvalue weighted by Gasteiger charge is 2.30. The molecule has 1 saturated heterocycles. The highest BCUT2D eigenvalue weighted by Crippen LogP contribution is 2.19. The number of nitriles is 1. The molecule has 0 saturated carbocycles. The summed E-state index contributed by atoms with van der Waals surface area (Å²) >= 11 is 0. The van der Waals surface area contributed by atoms with Crippen molar-refractivity contribution in [2.24, 2.45) is 0 Å². The van der Waals surface area contributed by atoms with Crippen LogP contribution >= 0.6 is 0 Å². The molecule has 21 heavy (non-hydrogen) atoms. The summed E-state index contributed by atoms with van der Waals surface area (Å²) in [7, 11) is 0. The third-order valence-corrected chi connectivity index (χ3v) is 3.60. The molecule has 1 heterocycles. The molecule has 1 fully saturated rings. The number of hydrogen-bond acceptors (Lipinski definition) is 4. The lowest BCUT2D eigenvalue weighted by atomic mass is 10.1. The number of carbonyl (C=O) groups excluding carboxylic acids is 2. The molecule has 0 radical (unpaired) electrons. The SMILES string of the molecule is CCCCc1ccc(N2CC(=O)N(CC#N)C(=O)C2)cc1. The van der Waals surface area contributed by atoms with Crippen LogP contribution in [0.3, 0.4) is 0 Å². The Morgan fingerprint density at radius 1 is 1.14 bits per heavy atom. The van der Waals surface area contributed by atoms with Crippen LogP contribution in [0.25, 0.3) is 0 Å². The zero-order valence-electron chi connectivity index (χ0n) is 12.2. The van der Waals surface area contributed by atoms with Gasteiger partial charge in [0, 0.05) is 5.69 Å². The second kappa shape index (κ2) is 6.89. The van der Waals surface area contributed by atoms with E-state index in [1.807, 2.05) is 30.3 Å². The summed E-state index contributed by atoms with van der Waals surface area (Å²) in [5.41, 5.74) is 2.13. The predicted octanol–water partition coefficient (Wildman–Crippen LogP) is 1.73. The summed E-state index contributed by atoms with van der Waals surface area (Å²) < 4.78 is 0. The molecule has 0 N–H and O–H groups in total. The lowest BCUT2D eigenvalue weighted by Gasteiger charge is -2.32. The molecule has 110 valence electrons. The fraction of sp³-hybridized carbons (Fsp3) is 0.438. The van der Waals surface area contributed by atoms with Crippen LogP contribution in [0.5, 0.6) is 0 Å². The first-order chi connectivity index (χ1) is 10.2. The molecule has 2 amide bonds. The van der Waals surface area contributed by atoms with Gasteiger partial charge in [0.05, 0.1) is 19.2 Å². The Kier molecular flexibility index (Phi) is 4.94. The molecular formula is C16H19N3O2. The van der Waals surface area contributed by atoms with Gasteiger partial charge in [-0.1, -0.05) is 25.5 Å². The lowest BCUT2D eigenvalue weighted by Crippen LogP contribution is -2.54. The Morgan fingerprint density at radius 3 is 2.29 bits per heavy atom. The summed E-state index contributed by atoms with van der Waals surface area (Å²) in [6.07, 6.45) is 3.36. The van der Waals surface area contributed by atoms with Crippen LogP contribution in [0.4, 0.5) is 5.69 Å². The minimum Gasteiger partial charge on any atom is -0.353 e. The highest BCUT2D eigenvalue weighted by molar-refractivity contribution is 6.02. The van der Waals surface area contributed by atoms with E-state index in [1.54, 1.807) is 4.90 Å². The Labute approximate surface area is 124 Å². The number of piperazine rings is 1. The topological polar surface area (TPSA) is 64.4 Å². The summed E-state index contributed by atoms with van der Waals surface area (Å²) in [5.74, 6) is -0.634. The normalized spacial score (nSPS) is 15.2. The highest BCUT2D eigenvalue weighted by atomic mass is 16.2. The Bertz CT molecular complexity index is 542. The van der Waals surface area contributed by atoms with Crippen molar-refractivity contribution in [3.8, 4) is 6.07 Å². The van der Waals surface area contributed by atoms with Crippen molar-refractivity contribution in [1.29, 1.82) is 5.26 Å². The third kappa shape index (κ3) is 3.60. The van der Waals surface area contributed by atoms with Crippen LogP contribution in [-0.4, -0.2) is 36.3 Å². The molecule has 1 aliphatic heterocycles. The quantitative estimate of drug-likeness (QED) is 0.610. The van der Waals surface area contributed by atoms with Crippen molar-refractivity contribution >= 4 is 17.5 Å². The first kappa shape index (κ1) is 15.0. The number of aryl methyl sites for hydroxylation is 1. The van der Waals surface area contributed by atoms with E-state index in [1.165, 1.54) is 5.56 Å². The summed E-state index contributed by atoms with van der Waals surface area (Å²) in [4.78, 5) is 26.6. The molecule has 5 heteroatoms. The van der Waals surface area contributed by atoms with Gasteiger partial charge in [-0.3, -0.25) is 14.5 Å². The molecule has 2 rings (SSSR count). The number of anilines is 1. The number of nitrogens with zero attached hydrogens (tertiary/aromatic N) is 3. The Hall–Kier alpha value is -2.35. The van der Waals surface area contributed by atoms with Gasteiger partial charge in [-0.05, 0) is 30.5 Å². The van der Waals surface area contributed by atoms with E-state index < -0.39 is 0 Å². The first-order valence-corrected chi connectivity index (χ1v) is 7.19. The molecule has 0 aliphatic carbocycles. The van der Waals surface area contributed by atoms with Gasteiger partial charge < -0.3 is 4.90 Å². The standard InChI is InChI=1S/C16H19N3O2/c1-2-3-4-13-5-7-14(8-6-13)18-11-15(20)19(10-9-17)16(21)12-18/h5-8H,2-4,10-12H2,1H3. The van der Waals surface area contributed by atoms with E-state index >= 15 is 0 Å². The molecule has 0 unspecified atom stereocenters. The minimum atomic E-state index is -0.317. The van der Waals surface area contributed by atoms with Crippen molar-refractivity contribution in [2.75, 3.05) is 24.5 Å². The largest absolute Gasteiger partial charge is 0.353 e. The molecule has 0 aromatic heterocycles. The molecule has 0 atom stereocenters. The monoisotopic (exact) mass is 285 g/mol. The van der Waals surface area contributed by atoms with Crippen molar-refractivity contribution in [3.05, 3.63) is 29.8 Å². The fourth-order valence-electron chi connectivity index (χ4n) is 2.38. The van der Waals surface area contributed by atoms with Crippen LogP contribution in [-0.2, 0) is 16.0 Å². The molecule has 1 aliphatic rings. The van der Waals surface area contributed by atoms with E-state index in [2.05, 4.69) is 6.92 Å². The van der Waals surface area contributed by atoms with Gasteiger partial charge in [-0.25, -0.2) is 0 Å². The van der Waals surface area contributed by atoms with Crippen LogP contribution in [0.2, 0.25) is 0 Å². The number of carbonyl (C=O) groups is 2. The molecule has 0 bridgehead atoms.